The Kier molecular flexibility index (Phi) is 4.91. The molecule has 0 amide bonds. The van der Waals surface area contributed by atoms with Crippen molar-refractivity contribution < 1.29 is 35.1 Å². The molecule has 7 nitrogen and oxygen atoms in total. The van der Waals surface area contributed by atoms with Crippen LogP contribution >= 0.6 is 0 Å². The number of hydrogen-bond donors (Lipinski definition) is 0. The summed E-state index contributed by atoms with van der Waals surface area (Å²) >= 11 is 0. The van der Waals surface area contributed by atoms with Crippen molar-refractivity contribution in [2.24, 2.45) is 0 Å². The molecular formula is C22H15F2NO6S2. The minimum atomic E-state index is -4.61. The van der Waals surface area contributed by atoms with Crippen LogP contribution in [0, 0.1) is 11.6 Å². The summed E-state index contributed by atoms with van der Waals surface area (Å²) in [5.74, 6) is -1.70. The molecule has 0 fully saturated rings. The van der Waals surface area contributed by atoms with Gasteiger partial charge in [-0.2, -0.15) is 0 Å². The molecular weight excluding hydrogens is 476 g/mol. The number of nitrogens with zero attached hydrogens (tertiary/aromatic N) is 1. The lowest BCUT2D eigenvalue weighted by Crippen LogP contribution is -2.16. The molecule has 0 N–H and O–H groups in total. The first-order valence-corrected chi connectivity index (χ1v) is 12.6. The van der Waals surface area contributed by atoms with Gasteiger partial charge in [0.15, 0.2) is 16.4 Å². The Morgan fingerprint density at radius 1 is 0.758 bits per heavy atom. The van der Waals surface area contributed by atoms with Crippen molar-refractivity contribution in [3.63, 3.8) is 0 Å². The highest BCUT2D eigenvalue weighted by Crippen LogP contribution is 2.35. The van der Waals surface area contributed by atoms with Gasteiger partial charge in [0.25, 0.3) is 10.0 Å². The van der Waals surface area contributed by atoms with Crippen molar-refractivity contribution in [2.45, 2.75) is 14.7 Å². The third kappa shape index (κ3) is 3.44. The van der Waals surface area contributed by atoms with E-state index in [4.69, 9.17) is 9.47 Å². The van der Waals surface area contributed by atoms with Crippen LogP contribution in [-0.2, 0) is 19.9 Å². The van der Waals surface area contributed by atoms with Gasteiger partial charge in [-0.05, 0) is 48.5 Å². The fourth-order valence-electron chi connectivity index (χ4n) is 3.63. The molecule has 11 heteroatoms. The van der Waals surface area contributed by atoms with Gasteiger partial charge in [0, 0.05) is 17.6 Å². The first-order valence-electron chi connectivity index (χ1n) is 9.65. The summed E-state index contributed by atoms with van der Waals surface area (Å²) in [6, 6.07) is 12.2. The van der Waals surface area contributed by atoms with Crippen LogP contribution in [0.1, 0.15) is 0 Å². The second-order valence-corrected chi connectivity index (χ2v) is 10.9. The molecule has 0 unspecified atom stereocenters. The molecule has 0 saturated heterocycles. The number of aromatic nitrogens is 1. The Morgan fingerprint density at radius 3 is 2.12 bits per heavy atom. The van der Waals surface area contributed by atoms with Gasteiger partial charge in [-0.15, -0.1) is 0 Å². The molecule has 33 heavy (non-hydrogen) atoms. The molecule has 2 heterocycles. The predicted octanol–water partition coefficient (Wildman–Crippen LogP) is 3.76. The number of ether oxygens (including phenoxy) is 2. The quantitative estimate of drug-likeness (QED) is 0.432. The van der Waals surface area contributed by atoms with Crippen molar-refractivity contribution >= 4 is 30.8 Å². The van der Waals surface area contributed by atoms with Crippen LogP contribution in [0.4, 0.5) is 8.78 Å². The van der Waals surface area contributed by atoms with Crippen molar-refractivity contribution in [2.75, 3.05) is 13.2 Å². The minimum absolute atomic E-state index is 0.0217. The molecule has 0 aliphatic carbocycles. The Bertz CT molecular complexity index is 1610. The summed E-state index contributed by atoms with van der Waals surface area (Å²) in [5.41, 5.74) is 0.0683. The van der Waals surface area contributed by atoms with E-state index in [9.17, 15) is 25.6 Å². The van der Waals surface area contributed by atoms with Crippen LogP contribution in [0.25, 0.3) is 10.9 Å². The second kappa shape index (κ2) is 7.56. The Balaban J connectivity index is 1.59. The van der Waals surface area contributed by atoms with E-state index in [2.05, 4.69) is 0 Å². The normalized spacial score (nSPS) is 13.9. The first-order chi connectivity index (χ1) is 15.7. The Morgan fingerprint density at radius 2 is 1.39 bits per heavy atom. The topological polar surface area (TPSA) is 91.7 Å². The molecule has 3 aromatic carbocycles. The molecule has 1 aliphatic rings. The van der Waals surface area contributed by atoms with Gasteiger partial charge in [-0.25, -0.2) is 29.6 Å². The molecule has 0 atom stereocenters. The number of halogens is 2. The highest BCUT2D eigenvalue weighted by Gasteiger charge is 2.28. The summed E-state index contributed by atoms with van der Waals surface area (Å²) in [7, 11) is -8.58. The lowest BCUT2D eigenvalue weighted by Gasteiger charge is -2.18. The van der Waals surface area contributed by atoms with E-state index >= 15 is 0 Å². The van der Waals surface area contributed by atoms with Crippen molar-refractivity contribution in [1.29, 1.82) is 0 Å². The van der Waals surface area contributed by atoms with Crippen molar-refractivity contribution in [1.82, 2.24) is 3.97 Å². The van der Waals surface area contributed by atoms with Gasteiger partial charge in [0.1, 0.15) is 24.8 Å². The molecule has 0 spiro atoms. The van der Waals surface area contributed by atoms with E-state index in [0.717, 1.165) is 24.4 Å². The van der Waals surface area contributed by atoms with Gasteiger partial charge in [0.2, 0.25) is 9.84 Å². The minimum Gasteiger partial charge on any atom is -0.486 e. The van der Waals surface area contributed by atoms with Crippen LogP contribution in [0.2, 0.25) is 0 Å². The molecule has 0 saturated carbocycles. The van der Waals surface area contributed by atoms with Crippen molar-refractivity contribution in [3.8, 4) is 11.5 Å². The molecule has 5 rings (SSSR count). The highest BCUT2D eigenvalue weighted by atomic mass is 32.2. The number of hydrogen-bond acceptors (Lipinski definition) is 6. The molecule has 1 aromatic heterocycles. The first kappa shape index (κ1) is 21.4. The van der Waals surface area contributed by atoms with Gasteiger partial charge in [-0.3, -0.25) is 0 Å². The van der Waals surface area contributed by atoms with Crippen LogP contribution in [0.15, 0.2) is 81.5 Å². The SMILES string of the molecule is O=S(=O)(c1ccc2c(c1)OCCO2)c1ccc2c(ccn2S(=O)(=O)c2c(F)cccc2F)c1. The maximum Gasteiger partial charge on any atom is 0.274 e. The molecule has 4 aromatic rings. The third-order valence-corrected chi connectivity index (χ3v) is 8.69. The summed E-state index contributed by atoms with van der Waals surface area (Å²) in [4.78, 5) is -1.19. The van der Waals surface area contributed by atoms with E-state index in [1.807, 2.05) is 0 Å². The zero-order valence-electron chi connectivity index (χ0n) is 16.7. The van der Waals surface area contributed by atoms with E-state index in [1.165, 1.54) is 42.5 Å². The van der Waals surface area contributed by atoms with Gasteiger partial charge >= 0.3 is 0 Å². The molecule has 170 valence electrons. The number of rotatable bonds is 4. The van der Waals surface area contributed by atoms with Crippen molar-refractivity contribution in [3.05, 3.63) is 78.5 Å². The van der Waals surface area contributed by atoms with Gasteiger partial charge in [-0.1, -0.05) is 6.07 Å². The highest BCUT2D eigenvalue weighted by molar-refractivity contribution is 7.91. The predicted molar refractivity (Wildman–Crippen MR) is 114 cm³/mol. The maximum absolute atomic E-state index is 14.1. The summed E-state index contributed by atoms with van der Waals surface area (Å²) in [5, 5.41) is 0.258. The lowest BCUT2D eigenvalue weighted by atomic mass is 10.2. The van der Waals surface area contributed by atoms with Gasteiger partial charge in [0.05, 0.1) is 15.3 Å². The smallest absolute Gasteiger partial charge is 0.274 e. The van der Waals surface area contributed by atoms with E-state index in [-0.39, 0.29) is 20.7 Å². The Hall–Kier alpha value is -3.44. The standard InChI is InChI=1S/C22H15F2NO6S2/c23-17-2-1-3-18(24)22(17)33(28,29)25-9-8-14-12-15(4-6-19(14)25)32(26,27)16-5-7-20-21(13-16)31-11-10-30-20/h1-9,12-13H,10-11H2. The third-order valence-electron chi connectivity index (χ3n) is 5.20. The largest absolute Gasteiger partial charge is 0.486 e. The van der Waals surface area contributed by atoms with Crippen LogP contribution in [0.3, 0.4) is 0 Å². The molecule has 0 bridgehead atoms. The fourth-order valence-corrected chi connectivity index (χ4v) is 6.41. The van der Waals surface area contributed by atoms with Crippen LogP contribution in [0.5, 0.6) is 11.5 Å². The van der Waals surface area contributed by atoms with E-state index in [1.54, 1.807) is 0 Å². The number of fused-ring (bicyclic) bond motifs is 2. The molecule has 0 radical (unpaired) electrons. The maximum atomic E-state index is 14.1. The average Bonchev–Trinajstić information content (AvgIpc) is 3.23. The number of benzene rings is 3. The fraction of sp³-hybridized carbons (Fsp3) is 0.0909. The van der Waals surface area contributed by atoms with Crippen LogP contribution < -0.4 is 9.47 Å². The van der Waals surface area contributed by atoms with Gasteiger partial charge < -0.3 is 9.47 Å². The van der Waals surface area contributed by atoms with E-state index < -0.39 is 36.4 Å². The second-order valence-electron chi connectivity index (χ2n) is 7.20. The number of sulfone groups is 1. The zero-order chi connectivity index (χ0) is 23.4. The summed E-state index contributed by atoms with van der Waals surface area (Å²) in [6.07, 6.45) is 1.12. The Labute approximate surface area is 187 Å². The monoisotopic (exact) mass is 491 g/mol. The zero-order valence-corrected chi connectivity index (χ0v) is 18.4. The van der Waals surface area contributed by atoms with E-state index in [0.29, 0.717) is 28.7 Å². The summed E-state index contributed by atoms with van der Waals surface area (Å²) < 4.78 is 92.0. The average molecular weight is 491 g/mol. The molecule has 1 aliphatic heterocycles. The lowest BCUT2D eigenvalue weighted by molar-refractivity contribution is 0.171. The summed E-state index contributed by atoms with van der Waals surface area (Å²) in [6.45, 7) is 0.666. The van der Waals surface area contributed by atoms with Crippen LogP contribution in [-0.4, -0.2) is 34.0 Å².